The molecular formula is C13H15ClFN3O2S. The molecule has 5 nitrogen and oxygen atoms in total. The van der Waals surface area contributed by atoms with E-state index < -0.39 is 15.8 Å². The molecule has 1 aromatic carbocycles. The van der Waals surface area contributed by atoms with Crippen LogP contribution in [0.15, 0.2) is 29.4 Å². The Hall–Kier alpha value is -1.44. The third-order valence-electron chi connectivity index (χ3n) is 3.07. The number of aryl methyl sites for hydroxylation is 1. The second-order valence-corrected chi connectivity index (χ2v) is 6.93. The van der Waals surface area contributed by atoms with Crippen molar-refractivity contribution in [2.45, 2.75) is 24.9 Å². The van der Waals surface area contributed by atoms with Gasteiger partial charge in [-0.3, -0.25) is 0 Å². The van der Waals surface area contributed by atoms with Crippen molar-refractivity contribution < 1.29 is 12.8 Å². The topological polar surface area (TPSA) is 66.1 Å². The number of imidazole rings is 1. The number of halogens is 2. The lowest BCUT2D eigenvalue weighted by Crippen LogP contribution is -2.27. The summed E-state index contributed by atoms with van der Waals surface area (Å²) in [7, 11) is -2.40. The highest BCUT2D eigenvalue weighted by Gasteiger charge is 2.24. The molecule has 0 unspecified atom stereocenters. The number of hydrogen-bond acceptors (Lipinski definition) is 3. The van der Waals surface area contributed by atoms with Crippen LogP contribution in [0.1, 0.15) is 18.3 Å². The Morgan fingerprint density at radius 1 is 1.43 bits per heavy atom. The molecule has 1 aromatic heterocycles. The Morgan fingerprint density at radius 2 is 2.14 bits per heavy atom. The zero-order chi connectivity index (χ0) is 15.6. The third-order valence-corrected chi connectivity index (χ3v) is 5.14. The first-order valence-electron chi connectivity index (χ1n) is 6.29. The SMILES string of the molecule is CCc1ncc(S(=O)(=O)N(C)Cc2c(F)cccc2Cl)[nH]1. The lowest BCUT2D eigenvalue weighted by molar-refractivity contribution is 0.454. The Labute approximate surface area is 127 Å². The minimum Gasteiger partial charge on any atom is -0.332 e. The van der Waals surface area contributed by atoms with Crippen LogP contribution in [0.5, 0.6) is 0 Å². The monoisotopic (exact) mass is 331 g/mol. The lowest BCUT2D eigenvalue weighted by atomic mass is 10.2. The molecule has 114 valence electrons. The van der Waals surface area contributed by atoms with Crippen LogP contribution in [0.4, 0.5) is 4.39 Å². The van der Waals surface area contributed by atoms with Gasteiger partial charge in [-0.2, -0.15) is 4.31 Å². The van der Waals surface area contributed by atoms with Gasteiger partial charge in [-0.25, -0.2) is 17.8 Å². The van der Waals surface area contributed by atoms with Crippen LogP contribution in [0.25, 0.3) is 0 Å². The molecule has 0 fully saturated rings. The van der Waals surface area contributed by atoms with Crippen molar-refractivity contribution in [1.29, 1.82) is 0 Å². The van der Waals surface area contributed by atoms with Crippen LogP contribution >= 0.6 is 11.6 Å². The number of hydrogen-bond donors (Lipinski definition) is 1. The highest BCUT2D eigenvalue weighted by molar-refractivity contribution is 7.89. The van der Waals surface area contributed by atoms with E-state index in [4.69, 9.17) is 11.6 Å². The summed E-state index contributed by atoms with van der Waals surface area (Å²) in [5.41, 5.74) is 0.139. The molecule has 0 aliphatic heterocycles. The molecule has 0 saturated carbocycles. The van der Waals surface area contributed by atoms with Crippen molar-refractivity contribution in [1.82, 2.24) is 14.3 Å². The van der Waals surface area contributed by atoms with Gasteiger partial charge in [0.05, 0.1) is 6.20 Å². The maximum atomic E-state index is 13.7. The smallest absolute Gasteiger partial charge is 0.260 e. The normalized spacial score (nSPS) is 12.0. The first-order valence-corrected chi connectivity index (χ1v) is 8.11. The number of H-pyrrole nitrogens is 1. The molecule has 0 amide bonds. The fourth-order valence-corrected chi connectivity index (χ4v) is 3.10. The zero-order valence-electron chi connectivity index (χ0n) is 11.6. The highest BCUT2D eigenvalue weighted by atomic mass is 35.5. The highest BCUT2D eigenvalue weighted by Crippen LogP contribution is 2.23. The number of aromatic nitrogens is 2. The van der Waals surface area contributed by atoms with E-state index in [1.54, 1.807) is 0 Å². The quantitative estimate of drug-likeness (QED) is 0.915. The minimum absolute atomic E-state index is 0.0192. The number of rotatable bonds is 5. The lowest BCUT2D eigenvalue weighted by Gasteiger charge is -2.17. The van der Waals surface area contributed by atoms with Crippen molar-refractivity contribution in [2.24, 2.45) is 0 Å². The predicted octanol–water partition coefficient (Wildman–Crippen LogP) is 2.59. The van der Waals surface area contributed by atoms with E-state index in [0.717, 1.165) is 4.31 Å². The Balaban J connectivity index is 2.29. The van der Waals surface area contributed by atoms with E-state index in [9.17, 15) is 12.8 Å². The van der Waals surface area contributed by atoms with E-state index in [1.807, 2.05) is 6.92 Å². The van der Waals surface area contributed by atoms with Crippen molar-refractivity contribution in [3.05, 3.63) is 46.6 Å². The number of aromatic amines is 1. The number of sulfonamides is 1. The summed E-state index contributed by atoms with van der Waals surface area (Å²) >= 11 is 5.91. The van der Waals surface area contributed by atoms with Crippen molar-refractivity contribution in [2.75, 3.05) is 7.05 Å². The standard InChI is InChI=1S/C13H15ClFN3O2S/c1-3-12-16-7-13(17-12)21(19,20)18(2)8-9-10(14)5-4-6-11(9)15/h4-7H,3,8H2,1-2H3,(H,16,17). The molecule has 0 radical (unpaired) electrons. The van der Waals surface area contributed by atoms with Crippen LogP contribution in [0.2, 0.25) is 5.02 Å². The van der Waals surface area contributed by atoms with Gasteiger partial charge in [-0.1, -0.05) is 24.6 Å². The van der Waals surface area contributed by atoms with E-state index >= 15 is 0 Å². The third kappa shape index (κ3) is 3.25. The average Bonchev–Trinajstić information content (AvgIpc) is 2.92. The maximum Gasteiger partial charge on any atom is 0.260 e. The van der Waals surface area contributed by atoms with Crippen LogP contribution in [0.3, 0.4) is 0 Å². The molecule has 0 saturated heterocycles. The summed E-state index contributed by atoms with van der Waals surface area (Å²) < 4.78 is 39.5. The summed E-state index contributed by atoms with van der Waals surface area (Å²) in [6.07, 6.45) is 1.85. The summed E-state index contributed by atoms with van der Waals surface area (Å²) in [6.45, 7) is 1.70. The molecule has 0 spiro atoms. The average molecular weight is 332 g/mol. The Kier molecular flexibility index (Phi) is 4.65. The first-order chi connectivity index (χ1) is 9.86. The van der Waals surface area contributed by atoms with Gasteiger partial charge in [0.25, 0.3) is 10.0 Å². The van der Waals surface area contributed by atoms with Gasteiger partial charge in [0, 0.05) is 30.6 Å². The largest absolute Gasteiger partial charge is 0.332 e. The molecule has 0 bridgehead atoms. The molecule has 0 atom stereocenters. The summed E-state index contributed by atoms with van der Waals surface area (Å²) in [4.78, 5) is 6.70. The maximum absolute atomic E-state index is 13.7. The fourth-order valence-electron chi connectivity index (χ4n) is 1.81. The van der Waals surface area contributed by atoms with Crippen molar-refractivity contribution in [3.8, 4) is 0 Å². The molecule has 8 heteroatoms. The second-order valence-electron chi connectivity index (χ2n) is 4.51. The van der Waals surface area contributed by atoms with Crippen LogP contribution in [-0.2, 0) is 23.0 Å². The second kappa shape index (κ2) is 6.13. The predicted molar refractivity (Wildman–Crippen MR) is 78.0 cm³/mol. The molecule has 0 aliphatic carbocycles. The molecule has 2 rings (SSSR count). The summed E-state index contributed by atoms with van der Waals surface area (Å²) in [6, 6.07) is 4.23. The molecule has 2 aromatic rings. The van der Waals surface area contributed by atoms with E-state index in [0.29, 0.717) is 12.2 Å². The van der Waals surface area contributed by atoms with Gasteiger partial charge in [0.15, 0.2) is 5.03 Å². The van der Waals surface area contributed by atoms with E-state index in [2.05, 4.69) is 9.97 Å². The fraction of sp³-hybridized carbons (Fsp3) is 0.308. The zero-order valence-corrected chi connectivity index (χ0v) is 13.2. The van der Waals surface area contributed by atoms with Gasteiger partial charge in [-0.15, -0.1) is 0 Å². The van der Waals surface area contributed by atoms with Crippen molar-refractivity contribution in [3.63, 3.8) is 0 Å². The molecule has 0 aliphatic rings. The minimum atomic E-state index is -3.77. The molecular weight excluding hydrogens is 317 g/mol. The van der Waals surface area contributed by atoms with Gasteiger partial charge < -0.3 is 4.98 Å². The number of benzene rings is 1. The Morgan fingerprint density at radius 3 is 2.71 bits per heavy atom. The summed E-state index contributed by atoms with van der Waals surface area (Å²) in [5, 5.41) is 0.171. The summed E-state index contributed by atoms with van der Waals surface area (Å²) in [5.74, 6) is 0.0364. The molecule has 1 heterocycles. The van der Waals surface area contributed by atoms with Crippen molar-refractivity contribution >= 4 is 21.6 Å². The number of nitrogens with one attached hydrogen (secondary N) is 1. The van der Waals surface area contributed by atoms with Gasteiger partial charge in [-0.05, 0) is 12.1 Å². The molecule has 21 heavy (non-hydrogen) atoms. The van der Waals surface area contributed by atoms with Crippen LogP contribution in [-0.4, -0.2) is 29.7 Å². The molecule has 1 N–H and O–H groups in total. The van der Waals surface area contributed by atoms with E-state index in [1.165, 1.54) is 31.4 Å². The van der Waals surface area contributed by atoms with Crippen LogP contribution < -0.4 is 0 Å². The van der Waals surface area contributed by atoms with Gasteiger partial charge >= 0.3 is 0 Å². The number of nitrogens with zero attached hydrogens (tertiary/aromatic N) is 2. The van der Waals surface area contributed by atoms with E-state index in [-0.39, 0.29) is 22.2 Å². The van der Waals surface area contributed by atoms with Gasteiger partial charge in [0.1, 0.15) is 11.6 Å². The Bertz CT molecular complexity index is 725. The van der Waals surface area contributed by atoms with Crippen LogP contribution in [0, 0.1) is 5.82 Å². The first kappa shape index (κ1) is 15.9. The van der Waals surface area contributed by atoms with Gasteiger partial charge in [0.2, 0.25) is 0 Å².